The van der Waals surface area contributed by atoms with Crippen LogP contribution in [0.5, 0.6) is 0 Å². The lowest BCUT2D eigenvalue weighted by Crippen LogP contribution is -2.39. The highest BCUT2D eigenvalue weighted by atomic mass is 16.5. The van der Waals surface area contributed by atoms with E-state index in [1.54, 1.807) is 6.08 Å². The van der Waals surface area contributed by atoms with Crippen LogP contribution < -0.4 is 0 Å². The number of allylic oxidation sites excluding steroid dienone is 1. The van der Waals surface area contributed by atoms with Crippen LogP contribution in [0.3, 0.4) is 0 Å². The molecule has 2 atom stereocenters. The highest BCUT2D eigenvalue weighted by molar-refractivity contribution is 5.17. The molecule has 2 nitrogen and oxygen atoms in total. The Kier molecular flexibility index (Phi) is 4.14. The van der Waals surface area contributed by atoms with Crippen LogP contribution in [-0.2, 0) is 4.74 Å². The van der Waals surface area contributed by atoms with Gasteiger partial charge in [-0.2, -0.15) is 0 Å². The lowest BCUT2D eigenvalue weighted by molar-refractivity contribution is 0.00542. The van der Waals surface area contributed by atoms with Gasteiger partial charge in [-0.15, -0.1) is 13.0 Å². The van der Waals surface area contributed by atoms with Gasteiger partial charge in [0.1, 0.15) is 6.61 Å². The Morgan fingerprint density at radius 3 is 3.13 bits per heavy atom. The molecule has 1 aliphatic carbocycles. The summed E-state index contributed by atoms with van der Waals surface area (Å²) in [5, 5.41) is 10.0. The number of hydrogen-bond donors (Lipinski definition) is 1. The van der Waals surface area contributed by atoms with E-state index in [1.807, 2.05) is 13.0 Å². The van der Waals surface area contributed by atoms with E-state index >= 15 is 0 Å². The second-order valence-corrected chi connectivity index (χ2v) is 4.09. The van der Waals surface area contributed by atoms with Gasteiger partial charge in [0.15, 0.2) is 0 Å². The van der Waals surface area contributed by atoms with Crippen LogP contribution in [0.15, 0.2) is 24.3 Å². The summed E-state index contributed by atoms with van der Waals surface area (Å²) >= 11 is 0. The van der Waals surface area contributed by atoms with Crippen molar-refractivity contribution < 1.29 is 9.84 Å². The molecule has 0 saturated heterocycles. The number of ether oxygens (including phenoxy) is 1. The minimum atomic E-state index is -0.512. The molecule has 15 heavy (non-hydrogen) atoms. The van der Waals surface area contributed by atoms with Gasteiger partial charge in [-0.05, 0) is 19.8 Å². The second-order valence-electron chi connectivity index (χ2n) is 4.09. The maximum absolute atomic E-state index is 10.0. The maximum Gasteiger partial charge on any atom is 0.107 e. The molecule has 1 N–H and O–H groups in total. The third kappa shape index (κ3) is 2.71. The fourth-order valence-electron chi connectivity index (χ4n) is 1.84. The van der Waals surface area contributed by atoms with Crippen LogP contribution >= 0.6 is 0 Å². The molecule has 0 aromatic rings. The zero-order valence-electron chi connectivity index (χ0n) is 9.20. The van der Waals surface area contributed by atoms with E-state index in [-0.39, 0.29) is 12.0 Å². The molecule has 0 unspecified atom stereocenters. The van der Waals surface area contributed by atoms with Crippen molar-refractivity contribution in [3.63, 3.8) is 0 Å². The lowest BCUT2D eigenvalue weighted by Gasteiger charge is -2.37. The monoisotopic (exact) mass is 206 g/mol. The van der Waals surface area contributed by atoms with Gasteiger partial charge in [-0.3, -0.25) is 0 Å². The average molecular weight is 206 g/mol. The van der Waals surface area contributed by atoms with E-state index in [4.69, 9.17) is 11.2 Å². The maximum atomic E-state index is 10.0. The van der Waals surface area contributed by atoms with E-state index in [2.05, 4.69) is 12.5 Å². The van der Waals surface area contributed by atoms with Gasteiger partial charge < -0.3 is 9.84 Å². The third-order valence-corrected chi connectivity index (χ3v) is 2.98. The van der Waals surface area contributed by atoms with Crippen molar-refractivity contribution in [1.82, 2.24) is 0 Å². The quantitative estimate of drug-likeness (QED) is 0.432. The molecule has 0 bridgehead atoms. The van der Waals surface area contributed by atoms with Gasteiger partial charge in [0.25, 0.3) is 0 Å². The summed E-state index contributed by atoms with van der Waals surface area (Å²) in [6.07, 6.45) is 10.1. The number of aliphatic hydroxyl groups excluding tert-OH is 1. The molecule has 0 aromatic heterocycles. The molecule has 0 aliphatic heterocycles. The fraction of sp³-hybridized carbons (Fsp3) is 0.538. The molecule has 82 valence electrons. The Hall–Kier alpha value is -1.04. The van der Waals surface area contributed by atoms with Crippen LogP contribution in [0.25, 0.3) is 0 Å². The minimum absolute atomic E-state index is 0.283. The zero-order valence-corrected chi connectivity index (χ0v) is 9.20. The van der Waals surface area contributed by atoms with Crippen LogP contribution in [0, 0.1) is 17.8 Å². The molecular formula is C13H18O2. The Balaban J connectivity index is 2.69. The Labute approximate surface area is 91.6 Å². The molecule has 0 heterocycles. The molecule has 1 rings (SSSR count). The first kappa shape index (κ1) is 12.0. The predicted molar refractivity (Wildman–Crippen MR) is 61.3 cm³/mol. The van der Waals surface area contributed by atoms with E-state index in [0.717, 1.165) is 12.8 Å². The van der Waals surface area contributed by atoms with E-state index in [0.29, 0.717) is 6.61 Å². The van der Waals surface area contributed by atoms with Crippen molar-refractivity contribution in [2.75, 3.05) is 13.2 Å². The molecule has 2 heteroatoms. The topological polar surface area (TPSA) is 29.5 Å². The molecule has 0 amide bonds. The summed E-state index contributed by atoms with van der Waals surface area (Å²) in [6.45, 7) is 6.54. The van der Waals surface area contributed by atoms with Crippen LogP contribution in [0.4, 0.5) is 0 Å². The molecule has 0 aromatic carbocycles. The van der Waals surface area contributed by atoms with Crippen molar-refractivity contribution in [2.45, 2.75) is 25.9 Å². The SMILES string of the molecule is C#CCOC[C@]1(C=C)CCC(C)=C[C@@H]1O. The van der Waals surface area contributed by atoms with E-state index < -0.39 is 6.10 Å². The van der Waals surface area contributed by atoms with Gasteiger partial charge in [0, 0.05) is 5.41 Å². The van der Waals surface area contributed by atoms with Gasteiger partial charge >= 0.3 is 0 Å². The highest BCUT2D eigenvalue weighted by Crippen LogP contribution is 2.36. The summed E-state index contributed by atoms with van der Waals surface area (Å²) < 4.78 is 5.33. The molecular weight excluding hydrogens is 188 g/mol. The van der Waals surface area contributed by atoms with Crippen molar-refractivity contribution in [1.29, 1.82) is 0 Å². The minimum Gasteiger partial charge on any atom is -0.388 e. The summed E-state index contributed by atoms with van der Waals surface area (Å²) in [7, 11) is 0. The zero-order chi connectivity index (χ0) is 11.3. The van der Waals surface area contributed by atoms with Crippen molar-refractivity contribution >= 4 is 0 Å². The summed E-state index contributed by atoms with van der Waals surface area (Å²) in [5.41, 5.74) is 0.855. The van der Waals surface area contributed by atoms with E-state index in [9.17, 15) is 5.11 Å². The first-order chi connectivity index (χ1) is 7.14. The molecule has 0 fully saturated rings. The van der Waals surface area contributed by atoms with Crippen molar-refractivity contribution in [3.05, 3.63) is 24.3 Å². The van der Waals surface area contributed by atoms with Crippen molar-refractivity contribution in [3.8, 4) is 12.3 Å². The fourth-order valence-corrected chi connectivity index (χ4v) is 1.84. The smallest absolute Gasteiger partial charge is 0.107 e. The highest BCUT2D eigenvalue weighted by Gasteiger charge is 2.36. The van der Waals surface area contributed by atoms with Crippen molar-refractivity contribution in [2.24, 2.45) is 5.41 Å². The largest absolute Gasteiger partial charge is 0.388 e. The van der Waals surface area contributed by atoms with Gasteiger partial charge in [0.2, 0.25) is 0 Å². The Bertz CT molecular complexity index is 298. The van der Waals surface area contributed by atoms with Crippen LogP contribution in [0.2, 0.25) is 0 Å². The Morgan fingerprint density at radius 2 is 2.60 bits per heavy atom. The van der Waals surface area contributed by atoms with E-state index in [1.165, 1.54) is 5.57 Å². The van der Waals surface area contributed by atoms with Crippen LogP contribution in [-0.4, -0.2) is 24.4 Å². The number of aliphatic hydroxyl groups is 1. The molecule has 1 aliphatic rings. The number of terminal acetylenes is 1. The first-order valence-electron chi connectivity index (χ1n) is 5.15. The second kappa shape index (κ2) is 5.16. The number of rotatable bonds is 4. The molecule has 0 spiro atoms. The Morgan fingerprint density at radius 1 is 1.87 bits per heavy atom. The summed E-state index contributed by atoms with van der Waals surface area (Å²) in [6, 6.07) is 0. The van der Waals surface area contributed by atoms with Gasteiger partial charge in [-0.1, -0.05) is 23.6 Å². The van der Waals surface area contributed by atoms with Gasteiger partial charge in [0.05, 0.1) is 12.7 Å². The molecule has 0 saturated carbocycles. The number of hydrogen-bond acceptors (Lipinski definition) is 2. The van der Waals surface area contributed by atoms with Gasteiger partial charge in [-0.25, -0.2) is 0 Å². The summed E-state index contributed by atoms with van der Waals surface area (Å²) in [5.74, 6) is 2.42. The average Bonchev–Trinajstić information content (AvgIpc) is 2.22. The molecule has 0 radical (unpaired) electrons. The third-order valence-electron chi connectivity index (χ3n) is 2.98. The predicted octanol–water partition coefficient (Wildman–Crippen LogP) is 1.91. The normalized spacial score (nSPS) is 30.5. The standard InChI is InChI=1S/C13H18O2/c1-4-8-15-10-13(5-2)7-6-11(3)9-12(13)14/h1,5,9,12,14H,2,6-8,10H2,3H3/t12-,13-/m0/s1. The van der Waals surface area contributed by atoms with Crippen LogP contribution in [0.1, 0.15) is 19.8 Å². The summed E-state index contributed by atoms with van der Waals surface area (Å²) in [4.78, 5) is 0. The lowest BCUT2D eigenvalue weighted by atomic mass is 9.73. The first-order valence-corrected chi connectivity index (χ1v) is 5.15.